The molecule has 2 heterocycles. The average Bonchev–Trinajstić information content (AvgIpc) is 2.95. The fraction of sp³-hybridized carbons (Fsp3) is 0.714. The summed E-state index contributed by atoms with van der Waals surface area (Å²) in [5.74, 6) is 0.285. The Morgan fingerprint density at radius 1 is 1.47 bits per heavy atom. The number of aromatic nitrogens is 1. The van der Waals surface area contributed by atoms with Crippen LogP contribution in [0.1, 0.15) is 55.9 Å². The van der Waals surface area contributed by atoms with Gasteiger partial charge in [0.1, 0.15) is 11.2 Å². The van der Waals surface area contributed by atoms with Gasteiger partial charge >= 0.3 is 0 Å². The van der Waals surface area contributed by atoms with Crippen LogP contribution < -0.4 is 5.32 Å². The Kier molecular flexibility index (Phi) is 3.35. The minimum Gasteiger partial charge on any atom is -0.319 e. The van der Waals surface area contributed by atoms with Crippen molar-refractivity contribution in [1.29, 1.82) is 0 Å². The summed E-state index contributed by atoms with van der Waals surface area (Å²) in [5, 5.41) is 6.69. The van der Waals surface area contributed by atoms with Gasteiger partial charge in [0.05, 0.1) is 5.54 Å². The summed E-state index contributed by atoms with van der Waals surface area (Å²) < 4.78 is 0. The van der Waals surface area contributed by atoms with Gasteiger partial charge in [0.2, 0.25) is 5.91 Å². The van der Waals surface area contributed by atoms with E-state index in [0.29, 0.717) is 0 Å². The molecule has 1 amide bonds. The number of rotatable bonds is 2. The first-order valence-electron chi connectivity index (χ1n) is 7.17. The van der Waals surface area contributed by atoms with Crippen LogP contribution in [0.15, 0.2) is 5.38 Å². The van der Waals surface area contributed by atoms with E-state index in [4.69, 9.17) is 0 Å². The molecule has 0 aromatic carbocycles. The number of hydrogen-bond acceptors (Lipinski definition) is 4. The van der Waals surface area contributed by atoms with Crippen molar-refractivity contribution in [3.05, 3.63) is 16.1 Å². The average molecular weight is 279 g/mol. The molecule has 5 heteroatoms. The first kappa shape index (κ1) is 13.1. The van der Waals surface area contributed by atoms with Crippen molar-refractivity contribution in [2.24, 2.45) is 0 Å². The molecule has 104 valence electrons. The highest BCUT2D eigenvalue weighted by Crippen LogP contribution is 2.40. The van der Waals surface area contributed by atoms with Crippen molar-refractivity contribution in [2.45, 2.75) is 57.7 Å². The summed E-state index contributed by atoms with van der Waals surface area (Å²) in [6.07, 6.45) is 5.49. The van der Waals surface area contributed by atoms with Crippen LogP contribution in [0.2, 0.25) is 0 Å². The van der Waals surface area contributed by atoms with Gasteiger partial charge in [0, 0.05) is 17.6 Å². The number of aryl methyl sites for hydroxylation is 1. The van der Waals surface area contributed by atoms with Gasteiger partial charge in [-0.2, -0.15) is 0 Å². The molecule has 1 N–H and O–H groups in total. The van der Waals surface area contributed by atoms with Crippen LogP contribution >= 0.6 is 11.3 Å². The number of nitrogens with one attached hydrogen (secondary N) is 1. The van der Waals surface area contributed by atoms with Gasteiger partial charge in [-0.05, 0) is 26.7 Å². The zero-order chi connectivity index (χ0) is 13.5. The molecular formula is C14H21N3OS. The molecule has 19 heavy (non-hydrogen) atoms. The zero-order valence-corrected chi connectivity index (χ0v) is 12.4. The lowest BCUT2D eigenvalue weighted by Crippen LogP contribution is -2.48. The van der Waals surface area contributed by atoms with Crippen LogP contribution in [-0.4, -0.2) is 27.9 Å². The standard InChI is InChI=1S/C14H21N3OS/c1-3-17-11(12-15-10(2)9-19-12)16-14(13(17)18)7-5-4-6-8-14/h9,11,16H,3-8H2,1-2H3/t11-/m1/s1. The van der Waals surface area contributed by atoms with Crippen molar-refractivity contribution < 1.29 is 4.79 Å². The van der Waals surface area contributed by atoms with Crippen LogP contribution in [0.5, 0.6) is 0 Å². The molecule has 2 fully saturated rings. The Hall–Kier alpha value is -0.940. The molecule has 4 nitrogen and oxygen atoms in total. The zero-order valence-electron chi connectivity index (χ0n) is 11.6. The predicted molar refractivity (Wildman–Crippen MR) is 75.9 cm³/mol. The van der Waals surface area contributed by atoms with Crippen molar-refractivity contribution in [1.82, 2.24) is 15.2 Å². The minimum absolute atomic E-state index is 0.0192. The van der Waals surface area contributed by atoms with E-state index in [1.165, 1.54) is 6.42 Å². The number of nitrogens with zero attached hydrogens (tertiary/aromatic N) is 2. The van der Waals surface area contributed by atoms with Gasteiger partial charge in [0.15, 0.2) is 0 Å². The number of carbonyl (C=O) groups excluding carboxylic acids is 1. The third kappa shape index (κ3) is 2.09. The topological polar surface area (TPSA) is 45.2 Å². The van der Waals surface area contributed by atoms with E-state index in [2.05, 4.69) is 22.6 Å². The summed E-state index contributed by atoms with van der Waals surface area (Å²) in [7, 11) is 0. The van der Waals surface area contributed by atoms with E-state index < -0.39 is 0 Å². The van der Waals surface area contributed by atoms with E-state index in [1.807, 2.05) is 11.8 Å². The molecule has 0 unspecified atom stereocenters. The smallest absolute Gasteiger partial charge is 0.244 e. The molecule has 3 rings (SSSR count). The minimum atomic E-state index is -0.307. The molecule has 2 aliphatic rings. The summed E-state index contributed by atoms with van der Waals surface area (Å²) >= 11 is 1.65. The lowest BCUT2D eigenvalue weighted by Gasteiger charge is -2.31. The second-order valence-electron chi connectivity index (χ2n) is 5.61. The molecule has 1 aliphatic carbocycles. The first-order chi connectivity index (χ1) is 9.16. The monoisotopic (exact) mass is 279 g/mol. The number of amides is 1. The van der Waals surface area contributed by atoms with Crippen LogP contribution in [-0.2, 0) is 4.79 Å². The van der Waals surface area contributed by atoms with Gasteiger partial charge in [-0.3, -0.25) is 10.1 Å². The third-order valence-electron chi connectivity index (χ3n) is 4.31. The van der Waals surface area contributed by atoms with E-state index in [0.717, 1.165) is 42.9 Å². The summed E-state index contributed by atoms with van der Waals surface area (Å²) in [6.45, 7) is 4.80. The molecule has 1 aromatic rings. The van der Waals surface area contributed by atoms with Crippen LogP contribution in [0, 0.1) is 6.92 Å². The largest absolute Gasteiger partial charge is 0.319 e. The van der Waals surface area contributed by atoms with E-state index in [-0.39, 0.29) is 17.6 Å². The third-order valence-corrected chi connectivity index (χ3v) is 5.33. The van der Waals surface area contributed by atoms with E-state index in [9.17, 15) is 4.79 Å². The fourth-order valence-electron chi connectivity index (χ4n) is 3.33. The van der Waals surface area contributed by atoms with Crippen LogP contribution in [0.25, 0.3) is 0 Å². The summed E-state index contributed by atoms with van der Waals surface area (Å²) in [4.78, 5) is 19.3. The quantitative estimate of drug-likeness (QED) is 0.905. The Morgan fingerprint density at radius 3 is 2.79 bits per heavy atom. The maximum Gasteiger partial charge on any atom is 0.244 e. The summed E-state index contributed by atoms with van der Waals surface area (Å²) in [5.41, 5.74) is 0.730. The maximum atomic E-state index is 12.7. The number of thiazole rings is 1. The Bertz CT molecular complexity index is 479. The SMILES string of the molecule is CCN1C(=O)C2(CCCCC2)N[C@H]1c1nc(C)cs1. The van der Waals surface area contributed by atoms with Crippen molar-refractivity contribution in [2.75, 3.05) is 6.54 Å². The number of carbonyl (C=O) groups is 1. The van der Waals surface area contributed by atoms with Gasteiger partial charge in [0.25, 0.3) is 0 Å². The Balaban J connectivity index is 1.91. The molecule has 1 spiro atoms. The highest BCUT2D eigenvalue weighted by Gasteiger charge is 2.51. The molecule has 1 atom stereocenters. The predicted octanol–water partition coefficient (Wildman–Crippen LogP) is 2.60. The maximum absolute atomic E-state index is 12.7. The lowest BCUT2D eigenvalue weighted by atomic mass is 9.82. The van der Waals surface area contributed by atoms with Crippen molar-refractivity contribution >= 4 is 17.2 Å². The van der Waals surface area contributed by atoms with Crippen LogP contribution in [0.3, 0.4) is 0 Å². The second-order valence-corrected chi connectivity index (χ2v) is 6.50. The second kappa shape index (κ2) is 4.87. The highest BCUT2D eigenvalue weighted by atomic mass is 32.1. The van der Waals surface area contributed by atoms with Crippen LogP contribution in [0.4, 0.5) is 0 Å². The molecular weight excluding hydrogens is 258 g/mol. The van der Waals surface area contributed by atoms with E-state index in [1.54, 1.807) is 11.3 Å². The number of likely N-dealkylation sites (N-methyl/N-ethyl adjacent to an activating group) is 1. The normalized spacial score (nSPS) is 26.3. The molecule has 1 aromatic heterocycles. The highest BCUT2D eigenvalue weighted by molar-refractivity contribution is 7.09. The summed E-state index contributed by atoms with van der Waals surface area (Å²) in [6, 6.07) is 0. The van der Waals surface area contributed by atoms with Gasteiger partial charge < -0.3 is 4.90 Å². The molecule has 1 saturated carbocycles. The van der Waals surface area contributed by atoms with Gasteiger partial charge in [-0.1, -0.05) is 19.3 Å². The fourth-order valence-corrected chi connectivity index (χ4v) is 4.18. The molecule has 0 radical (unpaired) electrons. The lowest BCUT2D eigenvalue weighted by molar-refractivity contribution is -0.134. The van der Waals surface area contributed by atoms with Crippen molar-refractivity contribution in [3.8, 4) is 0 Å². The molecule has 1 saturated heterocycles. The van der Waals surface area contributed by atoms with Gasteiger partial charge in [-0.15, -0.1) is 11.3 Å². The van der Waals surface area contributed by atoms with Crippen molar-refractivity contribution in [3.63, 3.8) is 0 Å². The van der Waals surface area contributed by atoms with E-state index >= 15 is 0 Å². The number of hydrogen-bond donors (Lipinski definition) is 1. The Labute approximate surface area is 118 Å². The molecule has 0 bridgehead atoms. The molecule has 1 aliphatic heterocycles. The first-order valence-corrected chi connectivity index (χ1v) is 8.05. The van der Waals surface area contributed by atoms with Gasteiger partial charge in [-0.25, -0.2) is 4.98 Å². The Morgan fingerprint density at radius 2 is 2.21 bits per heavy atom.